The van der Waals surface area contributed by atoms with Crippen LogP contribution in [0, 0.1) is 0 Å². The fourth-order valence-corrected chi connectivity index (χ4v) is 0.264. The van der Waals surface area contributed by atoms with Gasteiger partial charge in [-0.1, -0.05) is 5.11 Å². The maximum absolute atomic E-state index is 7.85. The van der Waals surface area contributed by atoms with E-state index in [0.717, 1.165) is 0 Å². The maximum Gasteiger partial charge on any atom is 0.0618 e. The SMILES string of the molecule is [N-]=[N+]=NC(CN)CN. The molecule has 5 heteroatoms. The third-order valence-corrected chi connectivity index (χ3v) is 0.759. The minimum absolute atomic E-state index is 0.236. The third-order valence-electron chi connectivity index (χ3n) is 0.759. The zero-order chi connectivity index (χ0) is 6.41. The van der Waals surface area contributed by atoms with E-state index < -0.39 is 0 Å². The fraction of sp³-hybridized carbons (Fsp3) is 1.00. The molecule has 5 nitrogen and oxygen atoms in total. The van der Waals surface area contributed by atoms with Gasteiger partial charge in [-0.3, -0.25) is 0 Å². The zero-order valence-electron chi connectivity index (χ0n) is 4.49. The molecule has 0 heterocycles. The van der Waals surface area contributed by atoms with E-state index in [0.29, 0.717) is 13.1 Å². The van der Waals surface area contributed by atoms with Gasteiger partial charge >= 0.3 is 0 Å². The summed E-state index contributed by atoms with van der Waals surface area (Å²) in [5.74, 6) is 0. The van der Waals surface area contributed by atoms with Crippen molar-refractivity contribution in [2.24, 2.45) is 16.6 Å². The Labute approximate surface area is 47.3 Å². The van der Waals surface area contributed by atoms with Crippen LogP contribution in [0.3, 0.4) is 0 Å². The van der Waals surface area contributed by atoms with Crippen LogP contribution in [0.4, 0.5) is 0 Å². The van der Waals surface area contributed by atoms with E-state index in [4.69, 9.17) is 17.0 Å². The lowest BCUT2D eigenvalue weighted by molar-refractivity contribution is 0.687. The van der Waals surface area contributed by atoms with Crippen molar-refractivity contribution in [2.45, 2.75) is 6.04 Å². The molecule has 0 aromatic rings. The first kappa shape index (κ1) is 7.23. The molecule has 0 bridgehead atoms. The van der Waals surface area contributed by atoms with Crippen molar-refractivity contribution < 1.29 is 0 Å². The predicted octanol–water partition coefficient (Wildman–Crippen LogP) is -0.417. The summed E-state index contributed by atoms with van der Waals surface area (Å²) in [6.45, 7) is 0.640. The molecule has 46 valence electrons. The third kappa shape index (κ3) is 2.41. The van der Waals surface area contributed by atoms with Gasteiger partial charge in [0, 0.05) is 18.0 Å². The lowest BCUT2D eigenvalue weighted by Gasteiger charge is -1.99. The molecule has 0 fully saturated rings. The number of hydrogen-bond donors (Lipinski definition) is 2. The van der Waals surface area contributed by atoms with Crippen molar-refractivity contribution in [3.8, 4) is 0 Å². The van der Waals surface area contributed by atoms with Crippen molar-refractivity contribution in [1.82, 2.24) is 0 Å². The Morgan fingerprint density at radius 3 is 2.12 bits per heavy atom. The van der Waals surface area contributed by atoms with Crippen molar-refractivity contribution in [1.29, 1.82) is 0 Å². The number of rotatable bonds is 3. The van der Waals surface area contributed by atoms with Crippen LogP contribution in [-0.2, 0) is 0 Å². The van der Waals surface area contributed by atoms with E-state index in [-0.39, 0.29) is 6.04 Å². The van der Waals surface area contributed by atoms with E-state index in [9.17, 15) is 0 Å². The van der Waals surface area contributed by atoms with Gasteiger partial charge in [0.05, 0.1) is 6.04 Å². The Kier molecular flexibility index (Phi) is 3.97. The van der Waals surface area contributed by atoms with Crippen LogP contribution >= 0.6 is 0 Å². The highest BCUT2D eigenvalue weighted by Gasteiger charge is 1.96. The van der Waals surface area contributed by atoms with Crippen LogP contribution < -0.4 is 11.5 Å². The highest BCUT2D eigenvalue weighted by molar-refractivity contribution is 4.67. The lowest BCUT2D eigenvalue weighted by atomic mass is 10.3. The summed E-state index contributed by atoms with van der Waals surface area (Å²) in [6, 6.07) is -0.236. The van der Waals surface area contributed by atoms with Crippen LogP contribution in [-0.4, -0.2) is 19.1 Å². The summed E-state index contributed by atoms with van der Waals surface area (Å²) in [6.07, 6.45) is 0. The molecule has 0 aromatic heterocycles. The average Bonchev–Trinajstić information content (AvgIpc) is 1.83. The van der Waals surface area contributed by atoms with Crippen LogP contribution in [0.25, 0.3) is 10.4 Å². The normalized spacial score (nSPS) is 8.88. The number of nitrogens with two attached hydrogens (primary N) is 2. The quantitative estimate of drug-likeness (QED) is 0.296. The van der Waals surface area contributed by atoms with Gasteiger partial charge in [-0.05, 0) is 5.53 Å². The van der Waals surface area contributed by atoms with E-state index in [1.807, 2.05) is 0 Å². The van der Waals surface area contributed by atoms with Crippen molar-refractivity contribution in [3.63, 3.8) is 0 Å². The van der Waals surface area contributed by atoms with Gasteiger partial charge in [0.2, 0.25) is 0 Å². The second-order valence-corrected chi connectivity index (χ2v) is 1.33. The summed E-state index contributed by atoms with van der Waals surface area (Å²) < 4.78 is 0. The van der Waals surface area contributed by atoms with E-state index in [1.54, 1.807) is 0 Å². The minimum atomic E-state index is -0.236. The number of nitrogens with zero attached hydrogens (tertiary/aromatic N) is 3. The van der Waals surface area contributed by atoms with Gasteiger partial charge < -0.3 is 11.5 Å². The lowest BCUT2D eigenvalue weighted by Crippen LogP contribution is -2.26. The molecule has 0 aliphatic carbocycles. The van der Waals surface area contributed by atoms with Gasteiger partial charge in [0.15, 0.2) is 0 Å². The Morgan fingerprint density at radius 1 is 1.50 bits per heavy atom. The topological polar surface area (TPSA) is 101 Å². The Morgan fingerprint density at radius 2 is 2.00 bits per heavy atom. The monoisotopic (exact) mass is 115 g/mol. The zero-order valence-corrected chi connectivity index (χ0v) is 4.49. The van der Waals surface area contributed by atoms with Crippen LogP contribution in [0.15, 0.2) is 5.11 Å². The molecule has 0 aliphatic rings. The Hall–Kier alpha value is -0.770. The van der Waals surface area contributed by atoms with Gasteiger partial charge in [-0.15, -0.1) is 0 Å². The van der Waals surface area contributed by atoms with Crippen molar-refractivity contribution in [3.05, 3.63) is 10.4 Å². The fourth-order valence-electron chi connectivity index (χ4n) is 0.264. The molecule has 0 amide bonds. The van der Waals surface area contributed by atoms with E-state index >= 15 is 0 Å². The highest BCUT2D eigenvalue weighted by atomic mass is 15.2. The molecule has 0 saturated heterocycles. The van der Waals surface area contributed by atoms with Crippen LogP contribution in [0.1, 0.15) is 0 Å². The van der Waals surface area contributed by atoms with Gasteiger partial charge in [0.1, 0.15) is 0 Å². The molecular formula is C3H9N5. The maximum atomic E-state index is 7.85. The Balaban J connectivity index is 3.52. The first-order valence-corrected chi connectivity index (χ1v) is 2.29. The molecule has 0 radical (unpaired) electrons. The molecule has 0 rings (SSSR count). The van der Waals surface area contributed by atoms with Gasteiger partial charge in [-0.25, -0.2) is 0 Å². The summed E-state index contributed by atoms with van der Waals surface area (Å²) in [5.41, 5.74) is 18.1. The van der Waals surface area contributed by atoms with Crippen LogP contribution in [0.2, 0.25) is 0 Å². The summed E-state index contributed by atoms with van der Waals surface area (Å²) in [7, 11) is 0. The first-order chi connectivity index (χ1) is 3.85. The molecule has 0 saturated carbocycles. The summed E-state index contributed by atoms with van der Waals surface area (Å²) in [4.78, 5) is 2.54. The Bertz CT molecular complexity index is 89.8. The summed E-state index contributed by atoms with van der Waals surface area (Å²) in [5, 5.41) is 3.29. The summed E-state index contributed by atoms with van der Waals surface area (Å²) >= 11 is 0. The molecule has 0 atom stereocenters. The largest absolute Gasteiger partial charge is 0.330 e. The molecule has 8 heavy (non-hydrogen) atoms. The van der Waals surface area contributed by atoms with Crippen molar-refractivity contribution in [2.75, 3.05) is 13.1 Å². The minimum Gasteiger partial charge on any atom is -0.330 e. The molecule has 0 aromatic carbocycles. The standard InChI is InChI=1S/C3H9N5/c4-1-3(2-5)7-8-6/h3H,1-2,4-5H2. The second-order valence-electron chi connectivity index (χ2n) is 1.33. The number of azide groups is 1. The molecule has 0 spiro atoms. The highest BCUT2D eigenvalue weighted by Crippen LogP contribution is 1.82. The molecule has 0 unspecified atom stereocenters. The average molecular weight is 115 g/mol. The van der Waals surface area contributed by atoms with E-state index in [2.05, 4.69) is 10.0 Å². The first-order valence-electron chi connectivity index (χ1n) is 2.29. The van der Waals surface area contributed by atoms with Crippen molar-refractivity contribution >= 4 is 0 Å². The molecule has 0 aliphatic heterocycles. The van der Waals surface area contributed by atoms with Crippen LogP contribution in [0.5, 0.6) is 0 Å². The molecular weight excluding hydrogens is 106 g/mol. The molecule has 4 N–H and O–H groups in total. The van der Waals surface area contributed by atoms with Gasteiger partial charge in [-0.2, -0.15) is 0 Å². The number of hydrogen-bond acceptors (Lipinski definition) is 3. The van der Waals surface area contributed by atoms with Gasteiger partial charge in [0.25, 0.3) is 0 Å². The smallest absolute Gasteiger partial charge is 0.0618 e. The second kappa shape index (κ2) is 4.39. The predicted molar refractivity (Wildman–Crippen MR) is 31.0 cm³/mol. The van der Waals surface area contributed by atoms with E-state index in [1.165, 1.54) is 0 Å².